The van der Waals surface area contributed by atoms with Crippen molar-refractivity contribution >= 4 is 22.8 Å². The van der Waals surface area contributed by atoms with Crippen LogP contribution in [0.5, 0.6) is 11.5 Å². The Bertz CT molecular complexity index is 1180. The zero-order valence-electron chi connectivity index (χ0n) is 19.7. The number of carbonyl (C=O) groups is 2. The van der Waals surface area contributed by atoms with E-state index in [1.54, 1.807) is 29.2 Å². The number of hydrogen-bond donors (Lipinski definition) is 1. The Labute approximate surface area is 199 Å². The van der Waals surface area contributed by atoms with E-state index >= 15 is 0 Å². The van der Waals surface area contributed by atoms with E-state index in [0.29, 0.717) is 37.6 Å². The fraction of sp³-hybridized carbons (Fsp3) is 0.333. The minimum absolute atomic E-state index is 0.0284. The molecular weight excluding hydrogens is 432 g/mol. The number of carboxylic acid groups (broad SMARTS) is 1. The van der Waals surface area contributed by atoms with Gasteiger partial charge in [0.1, 0.15) is 11.5 Å². The van der Waals surface area contributed by atoms with Crippen LogP contribution in [0.1, 0.15) is 25.8 Å². The lowest BCUT2D eigenvalue weighted by Crippen LogP contribution is -2.37. The number of benzene rings is 3. The summed E-state index contributed by atoms with van der Waals surface area (Å²) in [6, 6.07) is 21.5. The highest BCUT2D eigenvalue weighted by Gasteiger charge is 2.34. The van der Waals surface area contributed by atoms with Gasteiger partial charge in [-0.15, -0.1) is 0 Å². The summed E-state index contributed by atoms with van der Waals surface area (Å²) in [6.45, 7) is 4.71. The van der Waals surface area contributed by atoms with Crippen LogP contribution in [0.4, 0.5) is 4.79 Å². The first-order valence-electron chi connectivity index (χ1n) is 11.4. The number of aliphatic carboxylic acids is 1. The van der Waals surface area contributed by atoms with Crippen molar-refractivity contribution in [3.05, 3.63) is 72.3 Å². The summed E-state index contributed by atoms with van der Waals surface area (Å²) in [4.78, 5) is 27.6. The molecule has 1 aliphatic heterocycles. The summed E-state index contributed by atoms with van der Waals surface area (Å²) in [5.41, 5.74) is -0.188. The monoisotopic (exact) mass is 462 g/mol. The number of ether oxygens (including phenoxy) is 2. The molecule has 1 N–H and O–H groups in total. The highest BCUT2D eigenvalue weighted by molar-refractivity contribution is 5.83. The van der Waals surface area contributed by atoms with Gasteiger partial charge in [0, 0.05) is 26.6 Å². The standard InChI is InChI=1S/C27H30N2O5/c1-27(2,25(30)31)34-24-12-10-23(11-13-24)33-15-14-22-18-29(26(32)28(22)3)17-19-8-9-20-6-4-5-7-21(20)16-19/h4-13,16,22H,14-15,17-18H2,1-3H3,(H,30,31). The maximum atomic E-state index is 12.8. The van der Waals surface area contributed by atoms with E-state index in [2.05, 4.69) is 30.3 Å². The van der Waals surface area contributed by atoms with Crippen molar-refractivity contribution in [2.24, 2.45) is 0 Å². The predicted octanol–water partition coefficient (Wildman–Crippen LogP) is 4.79. The number of carbonyl (C=O) groups excluding carboxylic acids is 1. The second kappa shape index (κ2) is 9.63. The van der Waals surface area contributed by atoms with Crippen LogP contribution in [0, 0.1) is 0 Å². The molecule has 0 bridgehead atoms. The Morgan fingerprint density at radius 1 is 1.03 bits per heavy atom. The first kappa shape index (κ1) is 23.4. The lowest BCUT2D eigenvalue weighted by atomic mass is 10.1. The Morgan fingerprint density at radius 3 is 2.41 bits per heavy atom. The second-order valence-electron chi connectivity index (χ2n) is 9.14. The molecule has 1 saturated heterocycles. The molecule has 2 amide bonds. The third-order valence-corrected chi connectivity index (χ3v) is 6.17. The molecule has 0 radical (unpaired) electrons. The lowest BCUT2D eigenvalue weighted by Gasteiger charge is -2.21. The lowest BCUT2D eigenvalue weighted by molar-refractivity contribution is -0.152. The van der Waals surface area contributed by atoms with E-state index in [1.807, 2.05) is 24.1 Å². The van der Waals surface area contributed by atoms with Gasteiger partial charge in [0.05, 0.1) is 12.6 Å². The molecule has 0 spiro atoms. The van der Waals surface area contributed by atoms with Crippen LogP contribution in [0.2, 0.25) is 0 Å². The number of nitrogens with zero attached hydrogens (tertiary/aromatic N) is 2. The maximum absolute atomic E-state index is 12.8. The number of carboxylic acids is 1. The molecular formula is C27H30N2O5. The summed E-state index contributed by atoms with van der Waals surface area (Å²) in [5.74, 6) is 0.100. The highest BCUT2D eigenvalue weighted by atomic mass is 16.5. The molecule has 3 aromatic rings. The molecule has 1 heterocycles. The van der Waals surface area contributed by atoms with E-state index in [0.717, 1.165) is 5.56 Å². The molecule has 4 rings (SSSR count). The molecule has 3 aromatic carbocycles. The van der Waals surface area contributed by atoms with Crippen LogP contribution in [0.15, 0.2) is 66.7 Å². The third-order valence-electron chi connectivity index (χ3n) is 6.17. The number of amides is 2. The largest absolute Gasteiger partial charge is 0.494 e. The van der Waals surface area contributed by atoms with Gasteiger partial charge in [0.2, 0.25) is 0 Å². The maximum Gasteiger partial charge on any atom is 0.347 e. The summed E-state index contributed by atoms with van der Waals surface area (Å²) in [5, 5.41) is 11.5. The molecule has 1 fully saturated rings. The number of likely N-dealkylation sites (N-methyl/N-ethyl adjacent to an activating group) is 1. The molecule has 1 atom stereocenters. The SMILES string of the molecule is CN1C(=O)N(Cc2ccc3ccccc3c2)CC1CCOc1ccc(OC(C)(C)C(=O)O)cc1. The van der Waals surface area contributed by atoms with Crippen molar-refractivity contribution in [3.63, 3.8) is 0 Å². The van der Waals surface area contributed by atoms with Gasteiger partial charge in [-0.3, -0.25) is 0 Å². The molecule has 0 aromatic heterocycles. The van der Waals surface area contributed by atoms with E-state index in [4.69, 9.17) is 9.47 Å². The van der Waals surface area contributed by atoms with Crippen LogP contribution in [-0.2, 0) is 11.3 Å². The Balaban J connectivity index is 1.29. The van der Waals surface area contributed by atoms with Crippen molar-refractivity contribution in [1.82, 2.24) is 9.80 Å². The summed E-state index contributed by atoms with van der Waals surface area (Å²) in [6.07, 6.45) is 0.709. The zero-order chi connectivity index (χ0) is 24.3. The number of hydrogen-bond acceptors (Lipinski definition) is 4. The van der Waals surface area contributed by atoms with Crippen molar-refractivity contribution in [3.8, 4) is 11.5 Å². The third kappa shape index (κ3) is 5.25. The minimum atomic E-state index is -1.30. The Kier molecular flexibility index (Phi) is 6.63. The van der Waals surface area contributed by atoms with Crippen molar-refractivity contribution in [2.75, 3.05) is 20.2 Å². The van der Waals surface area contributed by atoms with Gasteiger partial charge in [-0.25, -0.2) is 9.59 Å². The van der Waals surface area contributed by atoms with E-state index in [-0.39, 0.29) is 12.1 Å². The van der Waals surface area contributed by atoms with Crippen LogP contribution in [0.3, 0.4) is 0 Å². The molecule has 1 unspecified atom stereocenters. The van der Waals surface area contributed by atoms with Crippen LogP contribution >= 0.6 is 0 Å². The van der Waals surface area contributed by atoms with Gasteiger partial charge in [0.25, 0.3) is 0 Å². The second-order valence-corrected chi connectivity index (χ2v) is 9.14. The molecule has 0 aliphatic carbocycles. The molecule has 0 saturated carbocycles. The van der Waals surface area contributed by atoms with Crippen molar-refractivity contribution in [2.45, 2.75) is 38.5 Å². The Hall–Kier alpha value is -3.74. The first-order chi connectivity index (χ1) is 16.2. The van der Waals surface area contributed by atoms with Crippen LogP contribution in [0.25, 0.3) is 10.8 Å². The summed E-state index contributed by atoms with van der Waals surface area (Å²) >= 11 is 0. The predicted molar refractivity (Wildman–Crippen MR) is 130 cm³/mol. The molecule has 34 heavy (non-hydrogen) atoms. The van der Waals surface area contributed by atoms with E-state index in [9.17, 15) is 14.7 Å². The average Bonchev–Trinajstić information content (AvgIpc) is 3.07. The zero-order valence-corrected chi connectivity index (χ0v) is 19.7. The van der Waals surface area contributed by atoms with Gasteiger partial charge in [-0.2, -0.15) is 0 Å². The smallest absolute Gasteiger partial charge is 0.347 e. The molecule has 7 heteroatoms. The minimum Gasteiger partial charge on any atom is -0.494 e. The molecule has 178 valence electrons. The average molecular weight is 463 g/mol. The van der Waals surface area contributed by atoms with Gasteiger partial charge in [0.15, 0.2) is 5.60 Å². The molecule has 7 nitrogen and oxygen atoms in total. The number of rotatable bonds is 9. The molecule has 1 aliphatic rings. The van der Waals surface area contributed by atoms with Crippen LogP contribution < -0.4 is 9.47 Å². The number of urea groups is 1. The first-order valence-corrected chi connectivity index (χ1v) is 11.4. The van der Waals surface area contributed by atoms with E-state index < -0.39 is 11.6 Å². The van der Waals surface area contributed by atoms with Gasteiger partial charge < -0.3 is 24.4 Å². The van der Waals surface area contributed by atoms with Gasteiger partial charge in [-0.05, 0) is 60.5 Å². The fourth-order valence-corrected chi connectivity index (χ4v) is 4.06. The van der Waals surface area contributed by atoms with Crippen LogP contribution in [-0.4, -0.2) is 58.7 Å². The highest BCUT2D eigenvalue weighted by Crippen LogP contribution is 2.24. The fourth-order valence-electron chi connectivity index (χ4n) is 4.06. The topological polar surface area (TPSA) is 79.3 Å². The summed E-state index contributed by atoms with van der Waals surface area (Å²) < 4.78 is 11.4. The quantitative estimate of drug-likeness (QED) is 0.495. The Morgan fingerprint density at radius 2 is 1.71 bits per heavy atom. The van der Waals surface area contributed by atoms with Gasteiger partial charge >= 0.3 is 12.0 Å². The number of fused-ring (bicyclic) bond motifs is 1. The van der Waals surface area contributed by atoms with Crippen molar-refractivity contribution in [1.29, 1.82) is 0 Å². The normalized spacial score (nSPS) is 16.2. The van der Waals surface area contributed by atoms with Crippen molar-refractivity contribution < 1.29 is 24.2 Å². The van der Waals surface area contributed by atoms with Gasteiger partial charge in [-0.1, -0.05) is 36.4 Å². The van der Waals surface area contributed by atoms with E-state index in [1.165, 1.54) is 24.6 Å². The summed E-state index contributed by atoms with van der Waals surface area (Å²) in [7, 11) is 1.84.